The molecule has 0 aliphatic carbocycles. The number of amides is 1. The number of nitrogens with zero attached hydrogens (tertiary/aromatic N) is 2. The van der Waals surface area contributed by atoms with Crippen LogP contribution in [0.3, 0.4) is 0 Å². The standard InChI is InChI=1S/C15H28N2O3S/c1-11-4-16(5-12(2)20-11)6-13-7-17(8-14(13)9-18)15(19)10-21-3/h11-14,18H,4-10H2,1-3H3/t11-,12+,13-,14-/m1/s1. The van der Waals surface area contributed by atoms with E-state index >= 15 is 0 Å². The molecule has 2 saturated heterocycles. The van der Waals surface area contributed by atoms with Gasteiger partial charge in [-0.05, 0) is 26.0 Å². The third kappa shape index (κ3) is 4.58. The van der Waals surface area contributed by atoms with Crippen molar-refractivity contribution < 1.29 is 14.6 Å². The third-order valence-electron chi connectivity index (χ3n) is 4.42. The number of hydrogen-bond donors (Lipinski definition) is 1. The number of aliphatic hydroxyl groups excluding tert-OH is 1. The molecule has 0 radical (unpaired) electrons. The third-order valence-corrected chi connectivity index (χ3v) is 4.96. The second-order valence-electron chi connectivity index (χ2n) is 6.41. The van der Waals surface area contributed by atoms with Crippen LogP contribution in [-0.4, -0.2) is 84.4 Å². The molecule has 0 aromatic carbocycles. The highest BCUT2D eigenvalue weighted by molar-refractivity contribution is 7.99. The fraction of sp³-hybridized carbons (Fsp3) is 0.933. The van der Waals surface area contributed by atoms with Crippen LogP contribution >= 0.6 is 11.8 Å². The van der Waals surface area contributed by atoms with Crippen molar-refractivity contribution in [1.82, 2.24) is 9.80 Å². The first kappa shape index (κ1) is 17.1. The zero-order chi connectivity index (χ0) is 15.4. The predicted molar refractivity (Wildman–Crippen MR) is 85.5 cm³/mol. The van der Waals surface area contributed by atoms with Gasteiger partial charge in [0, 0.05) is 45.2 Å². The lowest BCUT2D eigenvalue weighted by Gasteiger charge is -2.37. The molecule has 2 aliphatic rings. The van der Waals surface area contributed by atoms with Gasteiger partial charge in [0.1, 0.15) is 0 Å². The molecule has 1 N–H and O–H groups in total. The molecule has 0 aromatic rings. The Balaban J connectivity index is 1.90. The number of hydrogen-bond acceptors (Lipinski definition) is 5. The SMILES string of the molecule is CSCC(=O)N1C[C@@H](CN2C[C@@H](C)O[C@@H](C)C2)[C@@H](CO)C1. The van der Waals surface area contributed by atoms with Gasteiger partial charge in [-0.1, -0.05) is 0 Å². The van der Waals surface area contributed by atoms with E-state index in [0.717, 1.165) is 26.2 Å². The van der Waals surface area contributed by atoms with E-state index < -0.39 is 0 Å². The van der Waals surface area contributed by atoms with Crippen LogP contribution < -0.4 is 0 Å². The van der Waals surface area contributed by atoms with Crippen LogP contribution in [0.15, 0.2) is 0 Å². The van der Waals surface area contributed by atoms with Crippen molar-refractivity contribution in [3.8, 4) is 0 Å². The molecule has 21 heavy (non-hydrogen) atoms. The minimum atomic E-state index is 0.170. The van der Waals surface area contributed by atoms with Crippen LogP contribution in [0.25, 0.3) is 0 Å². The quantitative estimate of drug-likeness (QED) is 0.802. The van der Waals surface area contributed by atoms with Crippen molar-refractivity contribution >= 4 is 17.7 Å². The first-order valence-electron chi connectivity index (χ1n) is 7.78. The molecule has 0 saturated carbocycles. The average Bonchev–Trinajstić information content (AvgIpc) is 2.81. The van der Waals surface area contributed by atoms with Gasteiger partial charge in [0.25, 0.3) is 0 Å². The van der Waals surface area contributed by atoms with Gasteiger partial charge in [-0.25, -0.2) is 0 Å². The Morgan fingerprint density at radius 1 is 1.19 bits per heavy atom. The number of rotatable bonds is 5. The predicted octanol–water partition coefficient (Wildman–Crippen LogP) is 0.526. The van der Waals surface area contributed by atoms with Crippen LogP contribution in [0.1, 0.15) is 13.8 Å². The van der Waals surface area contributed by atoms with Crippen molar-refractivity contribution in [3.63, 3.8) is 0 Å². The summed E-state index contributed by atoms with van der Waals surface area (Å²) in [7, 11) is 0. The fourth-order valence-corrected chi connectivity index (χ4v) is 3.97. The Morgan fingerprint density at radius 3 is 2.38 bits per heavy atom. The van der Waals surface area contributed by atoms with Gasteiger partial charge >= 0.3 is 0 Å². The molecule has 0 aromatic heterocycles. The number of thioether (sulfide) groups is 1. The first-order chi connectivity index (χ1) is 10.0. The summed E-state index contributed by atoms with van der Waals surface area (Å²) in [6, 6.07) is 0. The van der Waals surface area contributed by atoms with Gasteiger partial charge < -0.3 is 14.7 Å². The van der Waals surface area contributed by atoms with Gasteiger partial charge in [-0.2, -0.15) is 11.8 Å². The highest BCUT2D eigenvalue weighted by atomic mass is 32.2. The summed E-state index contributed by atoms with van der Waals surface area (Å²) in [5, 5.41) is 9.61. The van der Waals surface area contributed by atoms with E-state index in [4.69, 9.17) is 4.74 Å². The second kappa shape index (κ2) is 7.81. The van der Waals surface area contributed by atoms with Crippen molar-refractivity contribution in [1.29, 1.82) is 0 Å². The Hall–Kier alpha value is -0.300. The zero-order valence-corrected chi connectivity index (χ0v) is 14.1. The Morgan fingerprint density at radius 2 is 1.81 bits per heavy atom. The van der Waals surface area contributed by atoms with Crippen LogP contribution in [0, 0.1) is 11.8 Å². The van der Waals surface area contributed by atoms with E-state index in [-0.39, 0.29) is 30.6 Å². The van der Waals surface area contributed by atoms with E-state index in [0.29, 0.717) is 18.2 Å². The number of ether oxygens (including phenoxy) is 1. The topological polar surface area (TPSA) is 53.0 Å². The molecule has 122 valence electrons. The normalized spacial score (nSPS) is 34.4. The summed E-state index contributed by atoms with van der Waals surface area (Å²) >= 11 is 1.56. The molecule has 0 spiro atoms. The lowest BCUT2D eigenvalue weighted by Crippen LogP contribution is -2.48. The van der Waals surface area contributed by atoms with E-state index in [1.54, 1.807) is 11.8 Å². The van der Waals surface area contributed by atoms with Crippen molar-refractivity contribution in [2.24, 2.45) is 11.8 Å². The van der Waals surface area contributed by atoms with Crippen LogP contribution in [0.2, 0.25) is 0 Å². The lowest BCUT2D eigenvalue weighted by atomic mass is 9.96. The minimum absolute atomic E-state index is 0.170. The van der Waals surface area contributed by atoms with E-state index in [9.17, 15) is 9.90 Å². The van der Waals surface area contributed by atoms with Crippen molar-refractivity contribution in [3.05, 3.63) is 0 Å². The van der Waals surface area contributed by atoms with Crippen LogP contribution in [0.5, 0.6) is 0 Å². The lowest BCUT2D eigenvalue weighted by molar-refractivity contribution is -0.127. The number of likely N-dealkylation sites (tertiary alicyclic amines) is 1. The van der Waals surface area contributed by atoms with E-state index in [1.807, 2.05) is 11.2 Å². The van der Waals surface area contributed by atoms with Crippen molar-refractivity contribution in [2.75, 3.05) is 51.3 Å². The summed E-state index contributed by atoms with van der Waals surface area (Å²) in [6.07, 6.45) is 2.47. The Bertz CT molecular complexity index is 346. The number of morpholine rings is 1. The molecule has 0 bridgehead atoms. The molecule has 5 nitrogen and oxygen atoms in total. The van der Waals surface area contributed by atoms with E-state index in [2.05, 4.69) is 18.7 Å². The Labute approximate surface area is 132 Å². The zero-order valence-electron chi connectivity index (χ0n) is 13.3. The van der Waals surface area contributed by atoms with Gasteiger partial charge in [-0.15, -0.1) is 0 Å². The highest BCUT2D eigenvalue weighted by Gasteiger charge is 2.36. The molecule has 2 rings (SSSR count). The molecule has 2 aliphatic heterocycles. The van der Waals surface area contributed by atoms with Crippen molar-refractivity contribution in [2.45, 2.75) is 26.1 Å². The van der Waals surface area contributed by atoms with Gasteiger partial charge in [0.05, 0.1) is 18.0 Å². The molecule has 6 heteroatoms. The van der Waals surface area contributed by atoms with Gasteiger partial charge in [-0.3, -0.25) is 9.69 Å². The smallest absolute Gasteiger partial charge is 0.232 e. The highest BCUT2D eigenvalue weighted by Crippen LogP contribution is 2.26. The molecule has 2 heterocycles. The molecule has 0 unspecified atom stereocenters. The summed E-state index contributed by atoms with van der Waals surface area (Å²) in [5.74, 6) is 1.32. The molecular formula is C15H28N2O3S. The fourth-order valence-electron chi connectivity index (χ4n) is 3.54. The summed E-state index contributed by atoms with van der Waals surface area (Å²) in [6.45, 7) is 8.70. The summed E-state index contributed by atoms with van der Waals surface area (Å²) in [4.78, 5) is 16.4. The second-order valence-corrected chi connectivity index (χ2v) is 7.28. The molecule has 1 amide bonds. The maximum absolute atomic E-state index is 12.0. The van der Waals surface area contributed by atoms with Crippen LogP contribution in [0.4, 0.5) is 0 Å². The first-order valence-corrected chi connectivity index (χ1v) is 9.18. The number of carbonyl (C=O) groups excluding carboxylic acids is 1. The van der Waals surface area contributed by atoms with Gasteiger partial charge in [0.2, 0.25) is 5.91 Å². The van der Waals surface area contributed by atoms with Gasteiger partial charge in [0.15, 0.2) is 0 Å². The maximum Gasteiger partial charge on any atom is 0.232 e. The molecular weight excluding hydrogens is 288 g/mol. The Kier molecular flexibility index (Phi) is 6.34. The van der Waals surface area contributed by atoms with E-state index in [1.165, 1.54) is 0 Å². The van der Waals surface area contributed by atoms with Crippen LogP contribution in [-0.2, 0) is 9.53 Å². The molecule has 2 fully saturated rings. The average molecular weight is 316 g/mol. The number of carbonyl (C=O) groups is 1. The summed E-state index contributed by atoms with van der Waals surface area (Å²) in [5.41, 5.74) is 0. The largest absolute Gasteiger partial charge is 0.396 e. The minimum Gasteiger partial charge on any atom is -0.396 e. The summed E-state index contributed by atoms with van der Waals surface area (Å²) < 4.78 is 5.77. The number of aliphatic hydroxyl groups is 1. The maximum atomic E-state index is 12.0. The monoisotopic (exact) mass is 316 g/mol. The molecule has 4 atom stereocenters.